The molecule has 7 heteroatoms. The summed E-state index contributed by atoms with van der Waals surface area (Å²) in [5.74, 6) is 0.173. The number of carboxylic acids is 1. The summed E-state index contributed by atoms with van der Waals surface area (Å²) in [7, 11) is 0. The van der Waals surface area contributed by atoms with Crippen LogP contribution in [0.25, 0.3) is 0 Å². The lowest BCUT2D eigenvalue weighted by atomic mass is 10.1. The fourth-order valence-electron chi connectivity index (χ4n) is 2.38. The van der Waals surface area contributed by atoms with Gasteiger partial charge in [0.05, 0.1) is 0 Å². The maximum atomic E-state index is 13.8. The zero-order valence-electron chi connectivity index (χ0n) is 14.4. The molecule has 2 N–H and O–H groups in total. The van der Waals surface area contributed by atoms with E-state index in [0.29, 0.717) is 24.3 Å². The Balaban J connectivity index is 2.06. The van der Waals surface area contributed by atoms with Crippen LogP contribution >= 0.6 is 27.7 Å². The van der Waals surface area contributed by atoms with Gasteiger partial charge in [-0.1, -0.05) is 34.1 Å². The number of rotatable bonds is 10. The van der Waals surface area contributed by atoms with Gasteiger partial charge in [0.25, 0.3) is 0 Å². The second-order valence-electron chi connectivity index (χ2n) is 5.69. The largest absolute Gasteiger partial charge is 0.488 e. The predicted octanol–water partition coefficient (Wildman–Crippen LogP) is 4.46. The summed E-state index contributed by atoms with van der Waals surface area (Å²) in [5, 5.41) is 12.4. The van der Waals surface area contributed by atoms with Crippen molar-refractivity contribution in [3.63, 3.8) is 0 Å². The molecule has 0 saturated heterocycles. The summed E-state index contributed by atoms with van der Waals surface area (Å²) in [4.78, 5) is 11.4. The third kappa shape index (κ3) is 6.30. The van der Waals surface area contributed by atoms with Gasteiger partial charge in [-0.3, -0.25) is 4.79 Å². The normalized spacial score (nSPS) is 12.0. The lowest BCUT2D eigenvalue weighted by Crippen LogP contribution is -2.36. The van der Waals surface area contributed by atoms with Gasteiger partial charge in [0.2, 0.25) is 0 Å². The lowest BCUT2D eigenvalue weighted by molar-refractivity contribution is -0.139. The van der Waals surface area contributed by atoms with Crippen LogP contribution in [0.5, 0.6) is 5.75 Å². The predicted molar refractivity (Wildman–Crippen MR) is 106 cm³/mol. The maximum absolute atomic E-state index is 13.8. The molecule has 0 spiro atoms. The summed E-state index contributed by atoms with van der Waals surface area (Å²) < 4.78 is 20.4. The summed E-state index contributed by atoms with van der Waals surface area (Å²) in [6, 6.07) is 11.3. The first-order chi connectivity index (χ1) is 12.5. The van der Waals surface area contributed by atoms with E-state index >= 15 is 0 Å². The Bertz CT molecular complexity index is 744. The molecule has 0 radical (unpaired) electrons. The Morgan fingerprint density at radius 3 is 2.77 bits per heavy atom. The number of carboxylic acid groups (broad SMARTS) is 1. The van der Waals surface area contributed by atoms with Crippen LogP contribution in [0.3, 0.4) is 0 Å². The fraction of sp³-hybridized carbons (Fsp3) is 0.316. The molecule has 0 aliphatic heterocycles. The second kappa shape index (κ2) is 10.5. The Labute approximate surface area is 165 Å². The molecule has 0 fully saturated rings. The number of ether oxygens (including phenoxy) is 1. The van der Waals surface area contributed by atoms with E-state index < -0.39 is 12.0 Å². The minimum atomic E-state index is -0.872. The number of benzene rings is 2. The van der Waals surface area contributed by atoms with Crippen LogP contribution in [0.4, 0.5) is 4.39 Å². The molecule has 2 rings (SSSR count). The molecule has 0 bridgehead atoms. The number of nitrogens with one attached hydrogen (secondary N) is 1. The molecular formula is C19H21BrFNO3S. The molecule has 1 unspecified atom stereocenters. The van der Waals surface area contributed by atoms with E-state index in [0.717, 1.165) is 15.8 Å². The number of aliphatic carboxylic acids is 1. The standard InChI is InChI=1S/C19H21BrFNO3S/c1-26-9-8-17(19(23)24)22-11-14-10-15(20)6-7-18(14)25-12-13-4-2-3-5-16(13)21/h2-7,10,17,22H,8-9,11-12H2,1H3,(H,23,24). The van der Waals surface area contributed by atoms with Crippen molar-refractivity contribution in [1.29, 1.82) is 0 Å². The number of halogens is 2. The van der Waals surface area contributed by atoms with Crippen LogP contribution in [0.2, 0.25) is 0 Å². The van der Waals surface area contributed by atoms with Crippen molar-refractivity contribution in [1.82, 2.24) is 5.32 Å². The fourth-order valence-corrected chi connectivity index (χ4v) is 3.26. The van der Waals surface area contributed by atoms with E-state index in [1.54, 1.807) is 36.0 Å². The van der Waals surface area contributed by atoms with Crippen molar-refractivity contribution < 1.29 is 19.0 Å². The number of hydrogen-bond acceptors (Lipinski definition) is 4. The average Bonchev–Trinajstić information content (AvgIpc) is 2.62. The van der Waals surface area contributed by atoms with Crippen LogP contribution in [0, 0.1) is 5.82 Å². The number of hydrogen-bond donors (Lipinski definition) is 2. The third-order valence-corrected chi connectivity index (χ3v) is 4.95. The van der Waals surface area contributed by atoms with Gasteiger partial charge in [-0.25, -0.2) is 4.39 Å². The molecule has 2 aromatic carbocycles. The van der Waals surface area contributed by atoms with Crippen molar-refractivity contribution in [2.75, 3.05) is 12.0 Å². The Morgan fingerprint density at radius 2 is 2.08 bits per heavy atom. The molecule has 0 heterocycles. The molecule has 0 aliphatic carbocycles. The maximum Gasteiger partial charge on any atom is 0.320 e. The zero-order valence-corrected chi connectivity index (χ0v) is 16.8. The highest BCUT2D eigenvalue weighted by Crippen LogP contribution is 2.25. The van der Waals surface area contributed by atoms with Crippen LogP contribution in [-0.4, -0.2) is 29.1 Å². The SMILES string of the molecule is CSCCC(NCc1cc(Br)ccc1OCc1ccccc1F)C(=O)O. The molecule has 0 aliphatic rings. The van der Waals surface area contributed by atoms with Crippen molar-refractivity contribution in [2.45, 2.75) is 25.6 Å². The molecule has 0 amide bonds. The molecule has 0 saturated carbocycles. The average molecular weight is 442 g/mol. The van der Waals surface area contributed by atoms with Gasteiger partial charge < -0.3 is 15.2 Å². The Hall–Kier alpha value is -1.57. The quantitative estimate of drug-likeness (QED) is 0.569. The van der Waals surface area contributed by atoms with Crippen LogP contribution in [0.1, 0.15) is 17.5 Å². The van der Waals surface area contributed by atoms with Crippen molar-refractivity contribution in [2.24, 2.45) is 0 Å². The van der Waals surface area contributed by atoms with Crippen molar-refractivity contribution in [3.05, 3.63) is 63.9 Å². The van der Waals surface area contributed by atoms with Gasteiger partial charge in [0.1, 0.15) is 24.2 Å². The number of thioether (sulfide) groups is 1. The van der Waals surface area contributed by atoms with Gasteiger partial charge in [0, 0.05) is 22.1 Å². The highest BCUT2D eigenvalue weighted by atomic mass is 79.9. The van der Waals surface area contributed by atoms with E-state index in [9.17, 15) is 14.3 Å². The van der Waals surface area contributed by atoms with Gasteiger partial charge >= 0.3 is 5.97 Å². The first-order valence-corrected chi connectivity index (χ1v) is 10.3. The molecule has 2 aromatic rings. The molecule has 4 nitrogen and oxygen atoms in total. The van der Waals surface area contributed by atoms with Gasteiger partial charge in [-0.15, -0.1) is 0 Å². The molecular weight excluding hydrogens is 421 g/mol. The van der Waals surface area contributed by atoms with Crippen LogP contribution < -0.4 is 10.1 Å². The molecule has 26 heavy (non-hydrogen) atoms. The second-order valence-corrected chi connectivity index (χ2v) is 7.59. The monoisotopic (exact) mass is 441 g/mol. The Morgan fingerprint density at radius 1 is 1.31 bits per heavy atom. The van der Waals surface area contributed by atoms with Gasteiger partial charge in [-0.2, -0.15) is 11.8 Å². The van der Waals surface area contributed by atoms with E-state index in [4.69, 9.17) is 4.74 Å². The zero-order chi connectivity index (χ0) is 18.9. The van der Waals surface area contributed by atoms with Gasteiger partial charge in [0.15, 0.2) is 0 Å². The molecule has 1 atom stereocenters. The van der Waals surface area contributed by atoms with Crippen LogP contribution in [-0.2, 0) is 17.9 Å². The smallest absolute Gasteiger partial charge is 0.320 e. The highest BCUT2D eigenvalue weighted by Gasteiger charge is 2.17. The van der Waals surface area contributed by atoms with E-state index in [1.807, 2.05) is 18.4 Å². The Kier molecular flexibility index (Phi) is 8.41. The topological polar surface area (TPSA) is 58.6 Å². The minimum Gasteiger partial charge on any atom is -0.488 e. The summed E-state index contributed by atoms with van der Waals surface area (Å²) in [6.07, 6.45) is 2.48. The third-order valence-electron chi connectivity index (χ3n) is 3.81. The lowest BCUT2D eigenvalue weighted by Gasteiger charge is -2.17. The molecule has 0 aromatic heterocycles. The van der Waals surface area contributed by atoms with Crippen LogP contribution in [0.15, 0.2) is 46.9 Å². The summed E-state index contributed by atoms with van der Waals surface area (Å²) in [6.45, 7) is 0.452. The van der Waals surface area contributed by atoms with Gasteiger partial charge in [-0.05, 0) is 42.7 Å². The van der Waals surface area contributed by atoms with Crippen molar-refractivity contribution in [3.8, 4) is 5.75 Å². The summed E-state index contributed by atoms with van der Waals surface area (Å²) >= 11 is 5.03. The first-order valence-electron chi connectivity index (χ1n) is 8.11. The summed E-state index contributed by atoms with van der Waals surface area (Å²) in [5.41, 5.74) is 1.28. The van der Waals surface area contributed by atoms with E-state index in [1.165, 1.54) is 6.07 Å². The minimum absolute atomic E-state index is 0.107. The first kappa shape index (κ1) is 20.7. The molecule has 140 valence electrons. The number of carbonyl (C=O) groups is 1. The van der Waals surface area contributed by atoms with E-state index in [-0.39, 0.29) is 12.4 Å². The highest BCUT2D eigenvalue weighted by molar-refractivity contribution is 9.10. The van der Waals surface area contributed by atoms with E-state index in [2.05, 4.69) is 21.2 Å². The van der Waals surface area contributed by atoms with Crippen molar-refractivity contribution >= 4 is 33.7 Å².